The second-order valence-corrected chi connectivity index (χ2v) is 3.42. The van der Waals surface area contributed by atoms with Gasteiger partial charge in [0.2, 0.25) is 0 Å². The number of thiazole rings is 1. The molecule has 3 heteroatoms. The predicted molar refractivity (Wildman–Crippen MR) is 49.4 cm³/mol. The molecule has 12 heavy (non-hydrogen) atoms. The zero-order valence-electron chi connectivity index (χ0n) is 6.19. The molecule has 0 aliphatic rings. The van der Waals surface area contributed by atoms with E-state index in [1.807, 2.05) is 28.0 Å². The van der Waals surface area contributed by atoms with Crippen LogP contribution in [0.2, 0.25) is 0 Å². The average Bonchev–Trinajstić information content (AvgIpc) is 2.62. The molecule has 57 valence electrons. The number of imidazole rings is 1. The fraction of sp³-hybridized carbons (Fsp3) is 0. The topological polar surface area (TPSA) is 17.3 Å². The zero-order valence-corrected chi connectivity index (χ0v) is 7.01. The van der Waals surface area contributed by atoms with Gasteiger partial charge in [-0.05, 0) is 12.1 Å². The number of fused-ring (bicyclic) bond motifs is 3. The van der Waals surface area contributed by atoms with Crippen molar-refractivity contribution in [3.8, 4) is 0 Å². The van der Waals surface area contributed by atoms with Gasteiger partial charge >= 0.3 is 0 Å². The molecular formula is C9H5N2S. The number of nitrogens with zero attached hydrogens (tertiary/aromatic N) is 2. The van der Waals surface area contributed by atoms with E-state index in [0.717, 1.165) is 16.0 Å². The Hall–Kier alpha value is -1.35. The molecule has 3 rings (SSSR count). The van der Waals surface area contributed by atoms with Crippen LogP contribution in [-0.4, -0.2) is 9.38 Å². The first kappa shape index (κ1) is 6.20. The molecule has 0 N–H and O–H groups in total. The van der Waals surface area contributed by atoms with Gasteiger partial charge in [0.25, 0.3) is 0 Å². The molecule has 0 spiro atoms. The summed E-state index contributed by atoms with van der Waals surface area (Å²) >= 11 is 1.61. The lowest BCUT2D eigenvalue weighted by Crippen LogP contribution is -1.73. The highest BCUT2D eigenvalue weighted by Gasteiger charge is 2.02. The van der Waals surface area contributed by atoms with Crippen LogP contribution in [0.15, 0.2) is 29.6 Å². The summed E-state index contributed by atoms with van der Waals surface area (Å²) in [4.78, 5) is 5.44. The molecule has 1 aromatic carbocycles. The maximum absolute atomic E-state index is 4.43. The first-order valence-corrected chi connectivity index (χ1v) is 4.55. The molecule has 2 heterocycles. The summed E-state index contributed by atoms with van der Waals surface area (Å²) in [6, 6.07) is 8.09. The van der Waals surface area contributed by atoms with Crippen LogP contribution in [-0.2, 0) is 0 Å². The van der Waals surface area contributed by atoms with Gasteiger partial charge in [0.05, 0.1) is 17.2 Å². The van der Waals surface area contributed by atoms with Gasteiger partial charge in [0, 0.05) is 5.38 Å². The molecule has 3 aromatic rings. The monoisotopic (exact) mass is 173 g/mol. The summed E-state index contributed by atoms with van der Waals surface area (Å²) in [6.45, 7) is 0. The van der Waals surface area contributed by atoms with Crippen molar-refractivity contribution >= 4 is 27.3 Å². The van der Waals surface area contributed by atoms with Crippen LogP contribution in [0.25, 0.3) is 16.0 Å². The molecule has 0 saturated heterocycles. The third kappa shape index (κ3) is 0.662. The van der Waals surface area contributed by atoms with Gasteiger partial charge in [0.1, 0.15) is 0 Å². The Kier molecular flexibility index (Phi) is 1.07. The summed E-state index contributed by atoms with van der Waals surface area (Å²) in [6.07, 6.45) is 3.12. The molecule has 0 unspecified atom stereocenters. The summed E-state index contributed by atoms with van der Waals surface area (Å²) in [5.41, 5.74) is 2.18. The average molecular weight is 173 g/mol. The van der Waals surface area contributed by atoms with Crippen molar-refractivity contribution in [2.45, 2.75) is 0 Å². The molecular weight excluding hydrogens is 168 g/mol. The van der Waals surface area contributed by atoms with E-state index in [4.69, 9.17) is 0 Å². The van der Waals surface area contributed by atoms with E-state index in [2.05, 4.69) is 17.2 Å². The highest BCUT2D eigenvalue weighted by Crippen LogP contribution is 2.18. The summed E-state index contributed by atoms with van der Waals surface area (Å²) in [7, 11) is 0. The molecule has 1 radical (unpaired) electrons. The number of aromatic nitrogens is 2. The van der Waals surface area contributed by atoms with Crippen LogP contribution in [0.5, 0.6) is 0 Å². The van der Waals surface area contributed by atoms with Crippen LogP contribution in [0.1, 0.15) is 0 Å². The predicted octanol–water partition coefficient (Wildman–Crippen LogP) is 2.35. The lowest BCUT2D eigenvalue weighted by molar-refractivity contribution is 1.27. The Labute approximate surface area is 73.1 Å². The Morgan fingerprint density at radius 3 is 3.25 bits per heavy atom. The minimum absolute atomic E-state index is 1.01. The van der Waals surface area contributed by atoms with Crippen LogP contribution in [0, 0.1) is 6.20 Å². The lowest BCUT2D eigenvalue weighted by Gasteiger charge is -1.85. The Bertz CT molecular complexity index is 534. The smallest absolute Gasteiger partial charge is 0.195 e. The Morgan fingerprint density at radius 1 is 1.33 bits per heavy atom. The molecule has 2 nitrogen and oxygen atoms in total. The van der Waals surface area contributed by atoms with Crippen LogP contribution in [0.4, 0.5) is 0 Å². The molecule has 0 amide bonds. The number of hydrogen-bond donors (Lipinski definition) is 0. The number of para-hydroxylation sites is 2. The normalized spacial score (nSPS) is 11.3. The molecule has 0 aliphatic carbocycles. The molecule has 2 aromatic heterocycles. The number of rotatable bonds is 0. The number of benzene rings is 1. The van der Waals surface area contributed by atoms with Gasteiger partial charge in [-0.1, -0.05) is 12.1 Å². The minimum Gasteiger partial charge on any atom is -0.281 e. The van der Waals surface area contributed by atoms with Crippen molar-refractivity contribution < 1.29 is 0 Å². The van der Waals surface area contributed by atoms with E-state index >= 15 is 0 Å². The van der Waals surface area contributed by atoms with Crippen molar-refractivity contribution in [3.05, 3.63) is 35.8 Å². The summed E-state index contributed by atoms with van der Waals surface area (Å²) in [5, 5.41) is 1.93. The number of hydrogen-bond acceptors (Lipinski definition) is 2. The standard InChI is InChI=1S/C9H5N2S/c1-2-4-8-7(3-1)10-9-11(8)5-6-12-9/h1-4,6H. The first-order valence-electron chi connectivity index (χ1n) is 3.67. The van der Waals surface area contributed by atoms with Gasteiger partial charge in [-0.25, -0.2) is 4.98 Å². The SMILES string of the molecule is [c]1csc2nc3ccccc3n12. The van der Waals surface area contributed by atoms with Gasteiger partial charge in [-0.2, -0.15) is 0 Å². The van der Waals surface area contributed by atoms with Gasteiger partial charge in [-0.15, -0.1) is 11.3 Å². The van der Waals surface area contributed by atoms with E-state index in [-0.39, 0.29) is 0 Å². The first-order chi connectivity index (χ1) is 5.95. The third-order valence-electron chi connectivity index (χ3n) is 1.88. The second kappa shape index (κ2) is 2.08. The van der Waals surface area contributed by atoms with Gasteiger partial charge in [-0.3, -0.25) is 4.40 Å². The zero-order chi connectivity index (χ0) is 7.97. The lowest BCUT2D eigenvalue weighted by atomic mass is 10.3. The van der Waals surface area contributed by atoms with E-state index in [9.17, 15) is 0 Å². The van der Waals surface area contributed by atoms with Crippen molar-refractivity contribution in [2.75, 3.05) is 0 Å². The van der Waals surface area contributed by atoms with E-state index in [1.54, 1.807) is 11.3 Å². The Balaban J connectivity index is 2.68. The van der Waals surface area contributed by atoms with Crippen molar-refractivity contribution in [2.24, 2.45) is 0 Å². The largest absolute Gasteiger partial charge is 0.281 e. The van der Waals surface area contributed by atoms with Crippen LogP contribution in [0.3, 0.4) is 0 Å². The summed E-state index contributed by atoms with van der Waals surface area (Å²) < 4.78 is 1.99. The van der Waals surface area contributed by atoms with Crippen LogP contribution >= 0.6 is 11.3 Å². The second-order valence-electron chi connectivity index (χ2n) is 2.58. The van der Waals surface area contributed by atoms with Gasteiger partial charge in [0.15, 0.2) is 4.96 Å². The maximum Gasteiger partial charge on any atom is 0.195 e. The Morgan fingerprint density at radius 2 is 2.25 bits per heavy atom. The molecule has 0 fully saturated rings. The van der Waals surface area contributed by atoms with Crippen molar-refractivity contribution in [3.63, 3.8) is 0 Å². The van der Waals surface area contributed by atoms with Crippen LogP contribution < -0.4 is 0 Å². The van der Waals surface area contributed by atoms with E-state index < -0.39 is 0 Å². The molecule has 0 atom stereocenters. The van der Waals surface area contributed by atoms with E-state index in [1.165, 1.54) is 0 Å². The highest BCUT2D eigenvalue weighted by molar-refractivity contribution is 7.15. The quantitative estimate of drug-likeness (QED) is 0.510. The van der Waals surface area contributed by atoms with E-state index in [0.29, 0.717) is 0 Å². The van der Waals surface area contributed by atoms with Crippen molar-refractivity contribution in [1.82, 2.24) is 9.38 Å². The molecule has 0 saturated carbocycles. The van der Waals surface area contributed by atoms with Gasteiger partial charge < -0.3 is 0 Å². The fourth-order valence-corrected chi connectivity index (χ4v) is 2.01. The fourth-order valence-electron chi connectivity index (χ4n) is 1.34. The third-order valence-corrected chi connectivity index (χ3v) is 2.58. The van der Waals surface area contributed by atoms with Crippen molar-refractivity contribution in [1.29, 1.82) is 0 Å². The molecule has 0 bridgehead atoms. The minimum atomic E-state index is 1.01. The molecule has 0 aliphatic heterocycles. The highest BCUT2D eigenvalue weighted by atomic mass is 32.1. The summed E-state index contributed by atoms with van der Waals surface area (Å²) in [5.74, 6) is 0. The maximum atomic E-state index is 4.43.